The number of nitrogens with zero attached hydrogens (tertiary/aromatic N) is 3. The Balaban J connectivity index is 2.33. The minimum atomic E-state index is -0.0454. The maximum atomic E-state index is 11.7. The number of carbonyl (C=O) groups excluding carboxylic acids is 1. The fourth-order valence-electron chi connectivity index (χ4n) is 2.06. The molecule has 2 rings (SSSR count). The molecule has 0 atom stereocenters. The van der Waals surface area contributed by atoms with E-state index in [0.717, 1.165) is 22.8 Å². The first-order valence-corrected chi connectivity index (χ1v) is 6.59. The van der Waals surface area contributed by atoms with Crippen LogP contribution in [-0.4, -0.2) is 26.2 Å². The minimum absolute atomic E-state index is 0.00856. The number of Topliss-reactive ketones (excluding diaryl/α,β-unsaturated/α-hetero) is 1. The fraction of sp³-hybridized carbons (Fsp3) is 0.357. The summed E-state index contributed by atoms with van der Waals surface area (Å²) in [5, 5.41) is 0. The highest BCUT2D eigenvalue weighted by atomic mass is 35.5. The summed E-state index contributed by atoms with van der Waals surface area (Å²) < 4.78 is 2.05. The van der Waals surface area contributed by atoms with Gasteiger partial charge in [0.15, 0.2) is 5.78 Å². The smallest absolute Gasteiger partial charge is 0.179 e. The van der Waals surface area contributed by atoms with E-state index in [1.54, 1.807) is 12.4 Å². The molecule has 2 aromatic heterocycles. The van der Waals surface area contributed by atoms with Gasteiger partial charge in [0.2, 0.25) is 0 Å². The Hall–Kier alpha value is -1.68. The predicted octanol–water partition coefficient (Wildman–Crippen LogP) is 2.67. The van der Waals surface area contributed by atoms with Crippen molar-refractivity contribution in [3.05, 3.63) is 46.8 Å². The zero-order valence-electron chi connectivity index (χ0n) is 11.3. The van der Waals surface area contributed by atoms with Gasteiger partial charge in [-0.1, -0.05) is 0 Å². The van der Waals surface area contributed by atoms with Gasteiger partial charge in [0.05, 0.1) is 30.0 Å². The summed E-state index contributed by atoms with van der Waals surface area (Å²) in [6.45, 7) is 6.41. The van der Waals surface area contributed by atoms with Crippen LogP contribution >= 0.6 is 11.6 Å². The highest BCUT2D eigenvalue weighted by Gasteiger charge is 2.15. The summed E-state index contributed by atoms with van der Waals surface area (Å²) in [6, 6.07) is 1.88. The van der Waals surface area contributed by atoms with Crippen molar-refractivity contribution in [3.63, 3.8) is 0 Å². The lowest BCUT2D eigenvalue weighted by molar-refractivity contribution is 0.102. The topological polar surface area (TPSA) is 47.8 Å². The molecule has 0 fully saturated rings. The average Bonchev–Trinajstić information content (AvgIpc) is 2.68. The van der Waals surface area contributed by atoms with E-state index in [1.807, 2.05) is 26.8 Å². The van der Waals surface area contributed by atoms with Crippen LogP contribution in [0, 0.1) is 20.8 Å². The highest BCUT2D eigenvalue weighted by Crippen LogP contribution is 2.17. The van der Waals surface area contributed by atoms with Crippen molar-refractivity contribution in [2.75, 3.05) is 5.88 Å². The second kappa shape index (κ2) is 5.53. The molecule has 0 aromatic carbocycles. The molecule has 0 radical (unpaired) electrons. The van der Waals surface area contributed by atoms with Crippen LogP contribution in [0.15, 0.2) is 18.5 Å². The molecule has 0 saturated heterocycles. The van der Waals surface area contributed by atoms with Crippen molar-refractivity contribution in [2.45, 2.75) is 27.3 Å². The molecule has 2 aromatic rings. The molecule has 0 aliphatic rings. The van der Waals surface area contributed by atoms with Gasteiger partial charge in [0.1, 0.15) is 0 Å². The van der Waals surface area contributed by atoms with Crippen molar-refractivity contribution in [3.8, 4) is 0 Å². The van der Waals surface area contributed by atoms with E-state index in [2.05, 4.69) is 14.5 Å². The molecule has 0 aliphatic heterocycles. The fourth-order valence-corrected chi connectivity index (χ4v) is 2.21. The van der Waals surface area contributed by atoms with Crippen LogP contribution < -0.4 is 0 Å². The molecule has 0 spiro atoms. The molecule has 0 amide bonds. The van der Waals surface area contributed by atoms with E-state index in [0.29, 0.717) is 12.1 Å². The second-order valence-corrected chi connectivity index (χ2v) is 4.84. The number of ketones is 1. The number of halogens is 1. The van der Waals surface area contributed by atoms with Gasteiger partial charge in [-0.3, -0.25) is 14.8 Å². The van der Waals surface area contributed by atoms with Crippen molar-refractivity contribution in [1.29, 1.82) is 0 Å². The first kappa shape index (κ1) is 13.7. The Morgan fingerprint density at radius 1 is 1.26 bits per heavy atom. The molecule has 0 unspecified atom stereocenters. The van der Waals surface area contributed by atoms with Gasteiger partial charge >= 0.3 is 0 Å². The summed E-state index contributed by atoms with van der Waals surface area (Å²) >= 11 is 5.62. The third-order valence-corrected chi connectivity index (χ3v) is 3.39. The Labute approximate surface area is 117 Å². The zero-order valence-corrected chi connectivity index (χ0v) is 12.0. The predicted molar refractivity (Wildman–Crippen MR) is 74.8 cm³/mol. The Morgan fingerprint density at radius 3 is 2.58 bits per heavy atom. The monoisotopic (exact) mass is 277 g/mol. The lowest BCUT2D eigenvalue weighted by Gasteiger charge is -2.09. The zero-order chi connectivity index (χ0) is 14.0. The first-order valence-electron chi connectivity index (χ1n) is 6.06. The molecule has 4 nitrogen and oxygen atoms in total. The molecule has 0 N–H and O–H groups in total. The Kier molecular flexibility index (Phi) is 4.00. The van der Waals surface area contributed by atoms with Crippen LogP contribution in [0.25, 0.3) is 0 Å². The van der Waals surface area contributed by atoms with E-state index in [-0.39, 0.29) is 11.7 Å². The molecule has 100 valence electrons. The van der Waals surface area contributed by atoms with Crippen LogP contribution in [0.4, 0.5) is 0 Å². The average molecular weight is 278 g/mol. The molecule has 5 heteroatoms. The maximum Gasteiger partial charge on any atom is 0.179 e. The summed E-state index contributed by atoms with van der Waals surface area (Å²) in [7, 11) is 0. The second-order valence-electron chi connectivity index (χ2n) is 4.58. The van der Waals surface area contributed by atoms with Crippen LogP contribution in [0.3, 0.4) is 0 Å². The van der Waals surface area contributed by atoms with Gasteiger partial charge in [-0.15, -0.1) is 11.6 Å². The van der Waals surface area contributed by atoms with Gasteiger partial charge in [-0.2, -0.15) is 0 Å². The lowest BCUT2D eigenvalue weighted by atomic mass is 10.2. The normalized spacial score (nSPS) is 10.7. The molecule has 0 bridgehead atoms. The van der Waals surface area contributed by atoms with Crippen molar-refractivity contribution in [1.82, 2.24) is 14.5 Å². The molecular weight excluding hydrogens is 262 g/mol. The maximum absolute atomic E-state index is 11.7. The molecule has 0 saturated carbocycles. The number of aromatic nitrogens is 3. The van der Waals surface area contributed by atoms with E-state index in [9.17, 15) is 4.79 Å². The molecule has 19 heavy (non-hydrogen) atoms. The number of carbonyl (C=O) groups is 1. The third kappa shape index (κ3) is 2.84. The van der Waals surface area contributed by atoms with Gasteiger partial charge in [-0.25, -0.2) is 0 Å². The van der Waals surface area contributed by atoms with Gasteiger partial charge in [0.25, 0.3) is 0 Å². The summed E-state index contributed by atoms with van der Waals surface area (Å²) in [6.07, 6.45) is 3.51. The Bertz CT molecular complexity index is 602. The van der Waals surface area contributed by atoms with Crippen molar-refractivity contribution >= 4 is 17.4 Å². The highest BCUT2D eigenvalue weighted by molar-refractivity contribution is 6.30. The first-order chi connectivity index (χ1) is 9.02. The van der Waals surface area contributed by atoms with E-state index in [1.165, 1.54) is 0 Å². The number of hydrogen-bond donors (Lipinski definition) is 0. The molecular formula is C14H16ClN3O. The van der Waals surface area contributed by atoms with Crippen molar-refractivity contribution in [2.24, 2.45) is 0 Å². The molecule has 0 aliphatic carbocycles. The quantitative estimate of drug-likeness (QED) is 0.638. The number of alkyl halides is 1. The van der Waals surface area contributed by atoms with E-state index < -0.39 is 0 Å². The van der Waals surface area contributed by atoms with Crippen LogP contribution in [0.2, 0.25) is 0 Å². The third-order valence-electron chi connectivity index (χ3n) is 3.15. The SMILES string of the molecule is Cc1cnc(Cn2c(C)cc(C(=O)CCl)c2C)cn1. The number of hydrogen-bond acceptors (Lipinski definition) is 3. The minimum Gasteiger partial charge on any atom is -0.342 e. The summed E-state index contributed by atoms with van der Waals surface area (Å²) in [4.78, 5) is 20.3. The van der Waals surface area contributed by atoms with E-state index >= 15 is 0 Å². The summed E-state index contributed by atoms with van der Waals surface area (Å²) in [5.74, 6) is -0.0368. The summed E-state index contributed by atoms with van der Waals surface area (Å²) in [5.41, 5.74) is 4.39. The van der Waals surface area contributed by atoms with Crippen molar-refractivity contribution < 1.29 is 4.79 Å². The lowest BCUT2D eigenvalue weighted by Crippen LogP contribution is -2.08. The van der Waals surface area contributed by atoms with Crippen LogP contribution in [-0.2, 0) is 6.54 Å². The van der Waals surface area contributed by atoms with Crippen LogP contribution in [0.1, 0.15) is 33.1 Å². The Morgan fingerprint density at radius 2 is 2.00 bits per heavy atom. The van der Waals surface area contributed by atoms with E-state index in [4.69, 9.17) is 11.6 Å². The standard InChI is InChI=1S/C14H16ClN3O/c1-9-6-17-12(7-16-9)8-18-10(2)4-13(11(18)3)14(19)5-15/h4,6-7H,5,8H2,1-3H3. The largest absolute Gasteiger partial charge is 0.342 e. The van der Waals surface area contributed by atoms with Gasteiger partial charge < -0.3 is 4.57 Å². The number of aryl methyl sites for hydroxylation is 2. The van der Waals surface area contributed by atoms with Crippen LogP contribution in [0.5, 0.6) is 0 Å². The van der Waals surface area contributed by atoms with Gasteiger partial charge in [0, 0.05) is 23.1 Å². The molecule has 2 heterocycles. The number of rotatable bonds is 4. The van der Waals surface area contributed by atoms with Gasteiger partial charge in [-0.05, 0) is 26.8 Å².